The van der Waals surface area contributed by atoms with Crippen molar-refractivity contribution in [1.29, 1.82) is 5.26 Å². The van der Waals surface area contributed by atoms with E-state index in [0.717, 1.165) is 29.0 Å². The van der Waals surface area contributed by atoms with Gasteiger partial charge in [0.1, 0.15) is 5.75 Å². The highest BCUT2D eigenvalue weighted by Gasteiger charge is 2.16. The third-order valence-corrected chi connectivity index (χ3v) is 3.81. The van der Waals surface area contributed by atoms with Gasteiger partial charge in [0.2, 0.25) is 0 Å². The maximum Gasteiger partial charge on any atom is 0.123 e. The first-order chi connectivity index (χ1) is 10.2. The highest BCUT2D eigenvalue weighted by molar-refractivity contribution is 5.38. The number of rotatable bonds is 5. The number of ether oxygens (including phenoxy) is 1. The molecule has 0 unspecified atom stereocenters. The van der Waals surface area contributed by atoms with Crippen LogP contribution >= 0.6 is 0 Å². The highest BCUT2D eigenvalue weighted by atomic mass is 16.5. The SMILES string of the molecule is COc1ccccc1[C@@H](C)N(C)Cc1ccccc1C#N. The Balaban J connectivity index is 2.20. The fraction of sp³-hybridized carbons (Fsp3) is 0.278. The first-order valence-corrected chi connectivity index (χ1v) is 6.98. The van der Waals surface area contributed by atoms with E-state index in [-0.39, 0.29) is 6.04 Å². The first-order valence-electron chi connectivity index (χ1n) is 6.98. The molecular formula is C18H20N2O. The summed E-state index contributed by atoms with van der Waals surface area (Å²) in [4.78, 5) is 2.22. The second-order valence-corrected chi connectivity index (χ2v) is 5.10. The summed E-state index contributed by atoms with van der Waals surface area (Å²) in [6.45, 7) is 2.87. The zero-order chi connectivity index (χ0) is 15.2. The van der Waals surface area contributed by atoms with E-state index in [1.54, 1.807) is 7.11 Å². The van der Waals surface area contributed by atoms with Crippen LogP contribution in [0.5, 0.6) is 5.75 Å². The first kappa shape index (κ1) is 15.1. The molecule has 21 heavy (non-hydrogen) atoms. The van der Waals surface area contributed by atoms with Crippen LogP contribution in [0.1, 0.15) is 29.7 Å². The van der Waals surface area contributed by atoms with Crippen LogP contribution in [0.25, 0.3) is 0 Å². The van der Waals surface area contributed by atoms with Crippen molar-refractivity contribution in [3.63, 3.8) is 0 Å². The van der Waals surface area contributed by atoms with Crippen molar-refractivity contribution in [2.75, 3.05) is 14.2 Å². The third-order valence-electron chi connectivity index (χ3n) is 3.81. The molecule has 2 aromatic rings. The van der Waals surface area contributed by atoms with Gasteiger partial charge in [0, 0.05) is 18.2 Å². The van der Waals surface area contributed by atoms with E-state index in [0.29, 0.717) is 0 Å². The topological polar surface area (TPSA) is 36.3 Å². The van der Waals surface area contributed by atoms with Crippen molar-refractivity contribution < 1.29 is 4.74 Å². The highest BCUT2D eigenvalue weighted by Crippen LogP contribution is 2.29. The molecule has 108 valence electrons. The fourth-order valence-corrected chi connectivity index (χ4v) is 2.42. The Bertz CT molecular complexity index is 646. The molecule has 3 heteroatoms. The lowest BCUT2D eigenvalue weighted by Crippen LogP contribution is -2.22. The van der Waals surface area contributed by atoms with E-state index in [1.165, 1.54) is 0 Å². The molecule has 0 saturated carbocycles. The quantitative estimate of drug-likeness (QED) is 0.836. The van der Waals surface area contributed by atoms with E-state index < -0.39 is 0 Å². The summed E-state index contributed by atoms with van der Waals surface area (Å²) < 4.78 is 5.43. The van der Waals surface area contributed by atoms with Crippen LogP contribution < -0.4 is 4.74 Å². The number of hydrogen-bond donors (Lipinski definition) is 0. The van der Waals surface area contributed by atoms with Crippen molar-refractivity contribution >= 4 is 0 Å². The minimum atomic E-state index is 0.202. The smallest absolute Gasteiger partial charge is 0.123 e. The van der Waals surface area contributed by atoms with Gasteiger partial charge in [-0.3, -0.25) is 4.90 Å². The molecule has 0 N–H and O–H groups in total. The van der Waals surface area contributed by atoms with Crippen molar-refractivity contribution in [3.05, 3.63) is 65.2 Å². The Labute approximate surface area is 126 Å². The van der Waals surface area contributed by atoms with Crippen LogP contribution in [0.2, 0.25) is 0 Å². The molecule has 3 nitrogen and oxygen atoms in total. The van der Waals surface area contributed by atoms with Gasteiger partial charge in [0.15, 0.2) is 0 Å². The largest absolute Gasteiger partial charge is 0.496 e. The Morgan fingerprint density at radius 1 is 1.14 bits per heavy atom. The van der Waals surface area contributed by atoms with E-state index in [2.05, 4.69) is 31.0 Å². The number of nitrogens with zero attached hydrogens (tertiary/aromatic N) is 2. The van der Waals surface area contributed by atoms with Crippen molar-refractivity contribution in [2.45, 2.75) is 19.5 Å². The Morgan fingerprint density at radius 3 is 2.52 bits per heavy atom. The summed E-state index contributed by atoms with van der Waals surface area (Å²) in [5.41, 5.74) is 2.93. The molecule has 0 aliphatic carbocycles. The van der Waals surface area contributed by atoms with Gasteiger partial charge >= 0.3 is 0 Å². The summed E-state index contributed by atoms with van der Waals surface area (Å²) in [6, 6.07) is 18.2. The Morgan fingerprint density at radius 2 is 1.81 bits per heavy atom. The van der Waals surface area contributed by atoms with Gasteiger partial charge in [0.25, 0.3) is 0 Å². The van der Waals surface area contributed by atoms with E-state index in [1.807, 2.05) is 42.5 Å². The number of nitriles is 1. The monoisotopic (exact) mass is 280 g/mol. The summed E-state index contributed by atoms with van der Waals surface area (Å²) >= 11 is 0. The second-order valence-electron chi connectivity index (χ2n) is 5.10. The molecule has 0 fully saturated rings. The minimum absolute atomic E-state index is 0.202. The normalized spacial score (nSPS) is 12.0. The molecule has 0 spiro atoms. The lowest BCUT2D eigenvalue weighted by Gasteiger charge is -2.26. The van der Waals surface area contributed by atoms with Gasteiger partial charge in [-0.25, -0.2) is 0 Å². The van der Waals surface area contributed by atoms with Gasteiger partial charge in [-0.15, -0.1) is 0 Å². The molecule has 0 radical (unpaired) electrons. The van der Waals surface area contributed by atoms with Crippen molar-refractivity contribution in [2.24, 2.45) is 0 Å². The van der Waals surface area contributed by atoms with Gasteiger partial charge < -0.3 is 4.74 Å². The summed E-state index contributed by atoms with van der Waals surface area (Å²) in [5.74, 6) is 0.894. The van der Waals surface area contributed by atoms with Crippen LogP contribution in [0.15, 0.2) is 48.5 Å². The van der Waals surface area contributed by atoms with Crippen molar-refractivity contribution in [3.8, 4) is 11.8 Å². The fourth-order valence-electron chi connectivity index (χ4n) is 2.42. The van der Waals surface area contributed by atoms with E-state index in [4.69, 9.17) is 4.74 Å². The average molecular weight is 280 g/mol. The molecule has 1 atom stereocenters. The van der Waals surface area contributed by atoms with Crippen LogP contribution in [0.4, 0.5) is 0 Å². The molecule has 2 rings (SSSR count). The molecule has 0 aliphatic rings. The molecule has 2 aromatic carbocycles. The predicted molar refractivity (Wildman–Crippen MR) is 84.0 cm³/mol. The lowest BCUT2D eigenvalue weighted by atomic mass is 10.0. The average Bonchev–Trinajstić information content (AvgIpc) is 2.54. The minimum Gasteiger partial charge on any atom is -0.496 e. The van der Waals surface area contributed by atoms with Crippen LogP contribution in [-0.4, -0.2) is 19.1 Å². The predicted octanol–water partition coefficient (Wildman–Crippen LogP) is 3.76. The zero-order valence-corrected chi connectivity index (χ0v) is 12.7. The number of hydrogen-bond acceptors (Lipinski definition) is 3. The van der Waals surface area contributed by atoms with E-state index >= 15 is 0 Å². The summed E-state index contributed by atoms with van der Waals surface area (Å²) in [7, 11) is 3.75. The summed E-state index contributed by atoms with van der Waals surface area (Å²) in [5, 5.41) is 9.18. The zero-order valence-electron chi connectivity index (χ0n) is 12.7. The molecule has 0 amide bonds. The van der Waals surface area contributed by atoms with Gasteiger partial charge in [-0.05, 0) is 31.7 Å². The van der Waals surface area contributed by atoms with Gasteiger partial charge in [-0.2, -0.15) is 5.26 Å². The molecule has 0 aliphatic heterocycles. The third kappa shape index (κ3) is 3.42. The molecular weight excluding hydrogens is 260 g/mol. The number of benzene rings is 2. The molecule has 0 bridgehead atoms. The second kappa shape index (κ2) is 6.92. The van der Waals surface area contributed by atoms with Gasteiger partial charge in [0.05, 0.1) is 18.7 Å². The number of methoxy groups -OCH3 is 1. The van der Waals surface area contributed by atoms with E-state index in [9.17, 15) is 5.26 Å². The molecule has 0 aromatic heterocycles. The van der Waals surface area contributed by atoms with Crippen molar-refractivity contribution in [1.82, 2.24) is 4.90 Å². The Hall–Kier alpha value is -2.31. The summed E-state index contributed by atoms with van der Waals surface area (Å²) in [6.07, 6.45) is 0. The lowest BCUT2D eigenvalue weighted by molar-refractivity contribution is 0.247. The maximum atomic E-state index is 9.18. The van der Waals surface area contributed by atoms with Gasteiger partial charge in [-0.1, -0.05) is 36.4 Å². The number of para-hydroxylation sites is 1. The molecule has 0 saturated heterocycles. The maximum absolute atomic E-state index is 9.18. The Kier molecular flexibility index (Phi) is 4.97. The van der Waals surface area contributed by atoms with Crippen LogP contribution in [0, 0.1) is 11.3 Å². The van der Waals surface area contributed by atoms with Crippen LogP contribution in [-0.2, 0) is 6.54 Å². The standard InChI is InChI=1S/C18H20N2O/c1-14(17-10-6-7-11-18(17)21-3)20(2)13-16-9-5-4-8-15(16)12-19/h4-11,14H,13H2,1-3H3/t14-/m1/s1. The molecule has 0 heterocycles. The van der Waals surface area contributed by atoms with Crippen LogP contribution in [0.3, 0.4) is 0 Å².